The standard InChI is InChI=1S/C25H27N7O/c1-17-13-19(21-10-11-26-25(30-21)28-20-14-27-31(2)15-20)7-6-18(17)8-9-23(33)22-16-32-12-4-3-5-24(32)29-22/h6-7,10-11,13-16H,3-5,8-9,12H2,1-2H3,(H,26,28,30). The lowest BCUT2D eigenvalue weighted by Gasteiger charge is -2.11. The second-order valence-electron chi connectivity index (χ2n) is 8.55. The average Bonchev–Trinajstić information content (AvgIpc) is 3.44. The predicted molar refractivity (Wildman–Crippen MR) is 127 cm³/mol. The molecule has 1 aliphatic rings. The number of carbonyl (C=O) groups excluding carboxylic acids is 1. The molecule has 4 aromatic rings. The van der Waals surface area contributed by atoms with Crippen molar-refractivity contribution in [3.05, 3.63) is 71.7 Å². The molecule has 1 aromatic carbocycles. The van der Waals surface area contributed by atoms with E-state index in [2.05, 4.69) is 55.1 Å². The number of anilines is 2. The van der Waals surface area contributed by atoms with E-state index in [-0.39, 0.29) is 5.78 Å². The van der Waals surface area contributed by atoms with Gasteiger partial charge < -0.3 is 9.88 Å². The molecule has 0 saturated carbocycles. The lowest BCUT2D eigenvalue weighted by molar-refractivity contribution is 0.0978. The number of carbonyl (C=O) groups is 1. The molecule has 8 heteroatoms. The highest BCUT2D eigenvalue weighted by molar-refractivity contribution is 5.94. The molecule has 1 aliphatic heterocycles. The van der Waals surface area contributed by atoms with Gasteiger partial charge in [-0.3, -0.25) is 9.48 Å². The zero-order chi connectivity index (χ0) is 22.8. The fourth-order valence-corrected chi connectivity index (χ4v) is 4.25. The number of hydrogen-bond donors (Lipinski definition) is 1. The Morgan fingerprint density at radius 1 is 1.15 bits per heavy atom. The van der Waals surface area contributed by atoms with Gasteiger partial charge in [0.15, 0.2) is 5.78 Å². The van der Waals surface area contributed by atoms with Crippen molar-refractivity contribution in [1.29, 1.82) is 0 Å². The van der Waals surface area contributed by atoms with Gasteiger partial charge in [-0.25, -0.2) is 15.0 Å². The molecular formula is C25H27N7O. The van der Waals surface area contributed by atoms with Gasteiger partial charge in [0, 0.05) is 50.6 Å². The Kier molecular flexibility index (Phi) is 5.73. The van der Waals surface area contributed by atoms with E-state index in [1.54, 1.807) is 17.1 Å². The third-order valence-corrected chi connectivity index (χ3v) is 6.07. The van der Waals surface area contributed by atoms with Crippen molar-refractivity contribution in [2.45, 2.75) is 45.6 Å². The molecule has 4 heterocycles. The number of rotatable bonds is 7. The van der Waals surface area contributed by atoms with E-state index in [1.165, 1.54) is 5.56 Å². The highest BCUT2D eigenvalue weighted by Gasteiger charge is 2.17. The first kappa shape index (κ1) is 21.1. The molecule has 0 spiro atoms. The van der Waals surface area contributed by atoms with Crippen LogP contribution in [0.4, 0.5) is 11.6 Å². The minimum atomic E-state index is 0.113. The summed E-state index contributed by atoms with van der Waals surface area (Å²) in [5.41, 5.74) is 5.61. The van der Waals surface area contributed by atoms with E-state index in [1.807, 2.05) is 25.5 Å². The summed E-state index contributed by atoms with van der Waals surface area (Å²) in [5.74, 6) is 1.69. The van der Waals surface area contributed by atoms with Gasteiger partial charge in [-0.1, -0.05) is 12.1 Å². The van der Waals surface area contributed by atoms with E-state index in [9.17, 15) is 4.79 Å². The summed E-state index contributed by atoms with van der Waals surface area (Å²) in [5, 5.41) is 7.33. The number of aromatic nitrogens is 6. The largest absolute Gasteiger partial charge is 0.334 e. The van der Waals surface area contributed by atoms with Crippen LogP contribution in [0.3, 0.4) is 0 Å². The van der Waals surface area contributed by atoms with Gasteiger partial charge >= 0.3 is 0 Å². The van der Waals surface area contributed by atoms with Gasteiger partial charge in [-0.2, -0.15) is 5.10 Å². The molecule has 0 aliphatic carbocycles. The van der Waals surface area contributed by atoms with Crippen molar-refractivity contribution in [2.75, 3.05) is 5.32 Å². The van der Waals surface area contributed by atoms with Gasteiger partial charge in [0.2, 0.25) is 5.95 Å². The summed E-state index contributed by atoms with van der Waals surface area (Å²) in [6.45, 7) is 3.05. The van der Waals surface area contributed by atoms with Crippen molar-refractivity contribution in [3.63, 3.8) is 0 Å². The van der Waals surface area contributed by atoms with E-state index in [0.29, 0.717) is 24.5 Å². The van der Waals surface area contributed by atoms with Gasteiger partial charge in [0.1, 0.15) is 11.5 Å². The average molecular weight is 442 g/mol. The van der Waals surface area contributed by atoms with Gasteiger partial charge in [0.05, 0.1) is 17.6 Å². The molecule has 0 atom stereocenters. The number of imidazole rings is 1. The van der Waals surface area contributed by atoms with Crippen LogP contribution in [-0.4, -0.2) is 35.1 Å². The normalized spacial score (nSPS) is 13.0. The minimum Gasteiger partial charge on any atom is -0.334 e. The minimum absolute atomic E-state index is 0.113. The molecule has 0 unspecified atom stereocenters. The maximum absolute atomic E-state index is 12.7. The molecule has 0 saturated heterocycles. The zero-order valence-electron chi connectivity index (χ0n) is 19.0. The van der Waals surface area contributed by atoms with Crippen molar-refractivity contribution in [1.82, 2.24) is 29.3 Å². The number of nitrogens with one attached hydrogen (secondary N) is 1. The van der Waals surface area contributed by atoms with Crippen LogP contribution in [0, 0.1) is 6.92 Å². The maximum atomic E-state index is 12.7. The maximum Gasteiger partial charge on any atom is 0.227 e. The summed E-state index contributed by atoms with van der Waals surface area (Å²) in [6.07, 6.45) is 11.7. The molecule has 168 valence electrons. The highest BCUT2D eigenvalue weighted by atomic mass is 16.1. The second-order valence-corrected chi connectivity index (χ2v) is 8.55. The summed E-state index contributed by atoms with van der Waals surface area (Å²) < 4.78 is 3.86. The Morgan fingerprint density at radius 3 is 2.85 bits per heavy atom. The van der Waals surface area contributed by atoms with Gasteiger partial charge in [0.25, 0.3) is 0 Å². The zero-order valence-corrected chi connectivity index (χ0v) is 19.0. The number of nitrogens with zero attached hydrogens (tertiary/aromatic N) is 6. The molecule has 0 fully saturated rings. The number of Topliss-reactive ketones (excluding diaryl/α,β-unsaturated/α-hetero) is 1. The lowest BCUT2D eigenvalue weighted by atomic mass is 9.98. The van der Waals surface area contributed by atoms with Crippen molar-refractivity contribution < 1.29 is 4.79 Å². The molecule has 33 heavy (non-hydrogen) atoms. The van der Waals surface area contributed by atoms with Crippen molar-refractivity contribution >= 4 is 17.4 Å². The predicted octanol–water partition coefficient (Wildman–Crippen LogP) is 4.28. The first-order valence-corrected chi connectivity index (χ1v) is 11.3. The monoisotopic (exact) mass is 441 g/mol. The molecule has 0 bridgehead atoms. The van der Waals surface area contributed by atoms with E-state index in [0.717, 1.165) is 54.1 Å². The molecule has 5 rings (SSSR count). The van der Waals surface area contributed by atoms with Crippen molar-refractivity contribution in [2.24, 2.45) is 7.05 Å². The summed E-state index contributed by atoms with van der Waals surface area (Å²) >= 11 is 0. The Bertz CT molecular complexity index is 1280. The lowest BCUT2D eigenvalue weighted by Crippen LogP contribution is -2.08. The molecular weight excluding hydrogens is 414 g/mol. The van der Waals surface area contributed by atoms with Crippen LogP contribution < -0.4 is 5.32 Å². The van der Waals surface area contributed by atoms with Crippen LogP contribution in [0.1, 0.15) is 46.7 Å². The molecule has 0 amide bonds. The Morgan fingerprint density at radius 2 is 2.06 bits per heavy atom. The number of ketones is 1. The van der Waals surface area contributed by atoms with Crippen LogP contribution in [0.5, 0.6) is 0 Å². The van der Waals surface area contributed by atoms with Crippen LogP contribution in [-0.2, 0) is 26.4 Å². The number of benzene rings is 1. The molecule has 8 nitrogen and oxygen atoms in total. The van der Waals surface area contributed by atoms with Gasteiger partial charge in [-0.15, -0.1) is 0 Å². The van der Waals surface area contributed by atoms with Crippen LogP contribution in [0.15, 0.2) is 49.1 Å². The molecule has 3 aromatic heterocycles. The smallest absolute Gasteiger partial charge is 0.227 e. The summed E-state index contributed by atoms with van der Waals surface area (Å²) in [4.78, 5) is 26.2. The van der Waals surface area contributed by atoms with E-state index >= 15 is 0 Å². The third-order valence-electron chi connectivity index (χ3n) is 6.07. The Labute approximate surface area is 192 Å². The van der Waals surface area contributed by atoms with Crippen LogP contribution >= 0.6 is 0 Å². The highest BCUT2D eigenvalue weighted by Crippen LogP contribution is 2.23. The molecule has 1 N–H and O–H groups in total. The Hall–Kier alpha value is -3.81. The fraction of sp³-hybridized carbons (Fsp3) is 0.320. The number of aryl methyl sites for hydroxylation is 5. The first-order valence-electron chi connectivity index (χ1n) is 11.3. The topological polar surface area (TPSA) is 90.5 Å². The third kappa shape index (κ3) is 4.69. The fourth-order valence-electron chi connectivity index (χ4n) is 4.25. The summed E-state index contributed by atoms with van der Waals surface area (Å²) in [6, 6.07) is 8.16. The SMILES string of the molecule is Cc1cc(-c2ccnc(Nc3cnn(C)c3)n2)ccc1CCC(=O)c1cn2c(n1)CCCC2. The van der Waals surface area contributed by atoms with E-state index in [4.69, 9.17) is 0 Å². The Balaban J connectivity index is 1.26. The quantitative estimate of drug-likeness (QED) is 0.431. The number of hydrogen-bond acceptors (Lipinski definition) is 6. The van der Waals surface area contributed by atoms with E-state index < -0.39 is 0 Å². The number of fused-ring (bicyclic) bond motifs is 1. The summed E-state index contributed by atoms with van der Waals surface area (Å²) in [7, 11) is 1.86. The van der Waals surface area contributed by atoms with Crippen LogP contribution in [0.2, 0.25) is 0 Å². The van der Waals surface area contributed by atoms with Crippen LogP contribution in [0.25, 0.3) is 11.3 Å². The second kappa shape index (κ2) is 8.97. The van der Waals surface area contributed by atoms with Gasteiger partial charge in [-0.05, 0) is 49.4 Å². The first-order chi connectivity index (χ1) is 16.0. The van der Waals surface area contributed by atoms with Crippen molar-refractivity contribution in [3.8, 4) is 11.3 Å². The molecule has 0 radical (unpaired) electrons.